The minimum absolute atomic E-state index is 0.197. The standard InChI is InChI=1S/C17H15N5OS/c1-11-2-4-12(5-3-11)14-8-15(21-20-14)16(23)18-9-13-10-22-6-7-24-17(22)19-13/h2-8,10H,9H2,1H3,(H,18,23)(H,20,21). The van der Waals surface area contributed by atoms with Crippen LogP contribution >= 0.6 is 11.3 Å². The summed E-state index contributed by atoms with van der Waals surface area (Å²) in [4.78, 5) is 17.6. The fourth-order valence-electron chi connectivity index (χ4n) is 2.44. The molecule has 0 aliphatic rings. The molecular weight excluding hydrogens is 322 g/mol. The van der Waals surface area contributed by atoms with Gasteiger partial charge in [0, 0.05) is 23.3 Å². The number of amides is 1. The summed E-state index contributed by atoms with van der Waals surface area (Å²) in [6.07, 6.45) is 3.86. The van der Waals surface area contributed by atoms with Gasteiger partial charge in [0.1, 0.15) is 5.69 Å². The largest absolute Gasteiger partial charge is 0.345 e. The first-order valence-corrected chi connectivity index (χ1v) is 8.39. The topological polar surface area (TPSA) is 75.1 Å². The van der Waals surface area contributed by atoms with E-state index in [4.69, 9.17) is 0 Å². The molecule has 7 heteroatoms. The minimum atomic E-state index is -0.197. The molecule has 0 radical (unpaired) electrons. The summed E-state index contributed by atoms with van der Waals surface area (Å²) in [6, 6.07) is 9.78. The van der Waals surface area contributed by atoms with Gasteiger partial charge in [-0.3, -0.25) is 14.3 Å². The minimum Gasteiger partial charge on any atom is -0.345 e. The Hall–Kier alpha value is -2.93. The van der Waals surface area contributed by atoms with Crippen molar-refractivity contribution in [3.8, 4) is 11.3 Å². The molecule has 0 saturated carbocycles. The van der Waals surface area contributed by atoms with Crippen LogP contribution in [-0.4, -0.2) is 25.5 Å². The number of benzene rings is 1. The quantitative estimate of drug-likeness (QED) is 0.601. The molecule has 3 aromatic heterocycles. The first-order chi connectivity index (χ1) is 11.7. The maximum absolute atomic E-state index is 12.3. The monoisotopic (exact) mass is 337 g/mol. The Labute approximate surface area is 142 Å². The summed E-state index contributed by atoms with van der Waals surface area (Å²) < 4.78 is 1.94. The van der Waals surface area contributed by atoms with Crippen LogP contribution in [0.5, 0.6) is 0 Å². The summed E-state index contributed by atoms with van der Waals surface area (Å²) in [6.45, 7) is 2.42. The molecule has 0 unspecified atom stereocenters. The van der Waals surface area contributed by atoms with Crippen LogP contribution < -0.4 is 5.32 Å². The van der Waals surface area contributed by atoms with Crippen molar-refractivity contribution in [1.29, 1.82) is 0 Å². The van der Waals surface area contributed by atoms with Crippen molar-refractivity contribution in [1.82, 2.24) is 24.9 Å². The number of thiazole rings is 1. The van der Waals surface area contributed by atoms with Crippen molar-refractivity contribution in [2.75, 3.05) is 0 Å². The second-order valence-electron chi connectivity index (χ2n) is 5.54. The van der Waals surface area contributed by atoms with Crippen LogP contribution in [0.1, 0.15) is 21.7 Å². The predicted molar refractivity (Wildman–Crippen MR) is 93.0 cm³/mol. The Kier molecular flexibility index (Phi) is 3.62. The molecule has 24 heavy (non-hydrogen) atoms. The first kappa shape index (κ1) is 14.6. The van der Waals surface area contributed by atoms with Gasteiger partial charge in [-0.1, -0.05) is 29.8 Å². The smallest absolute Gasteiger partial charge is 0.269 e. The van der Waals surface area contributed by atoms with Crippen LogP contribution in [0.3, 0.4) is 0 Å². The molecule has 3 heterocycles. The number of carbonyl (C=O) groups excluding carboxylic acids is 1. The van der Waals surface area contributed by atoms with Gasteiger partial charge in [-0.05, 0) is 13.0 Å². The van der Waals surface area contributed by atoms with Gasteiger partial charge in [-0.25, -0.2) is 4.98 Å². The molecule has 1 aromatic carbocycles. The Morgan fingerprint density at radius 2 is 2.17 bits per heavy atom. The maximum Gasteiger partial charge on any atom is 0.269 e. The third-order valence-electron chi connectivity index (χ3n) is 3.74. The van der Waals surface area contributed by atoms with Crippen molar-refractivity contribution < 1.29 is 4.79 Å². The molecule has 0 spiro atoms. The number of aryl methyl sites for hydroxylation is 1. The molecule has 0 aliphatic carbocycles. The van der Waals surface area contributed by atoms with Gasteiger partial charge in [-0.2, -0.15) is 5.10 Å². The molecule has 0 bridgehead atoms. The molecule has 120 valence electrons. The van der Waals surface area contributed by atoms with Crippen LogP contribution in [0.25, 0.3) is 16.2 Å². The van der Waals surface area contributed by atoms with Gasteiger partial charge in [0.2, 0.25) is 0 Å². The Balaban J connectivity index is 1.44. The molecule has 4 aromatic rings. The van der Waals surface area contributed by atoms with Crippen molar-refractivity contribution in [2.24, 2.45) is 0 Å². The number of fused-ring (bicyclic) bond motifs is 1. The van der Waals surface area contributed by atoms with E-state index in [0.717, 1.165) is 21.9 Å². The van der Waals surface area contributed by atoms with E-state index in [0.29, 0.717) is 12.2 Å². The molecule has 0 fully saturated rings. The van der Waals surface area contributed by atoms with Crippen LogP contribution in [0, 0.1) is 6.92 Å². The van der Waals surface area contributed by atoms with Gasteiger partial charge < -0.3 is 5.32 Å². The molecule has 4 rings (SSSR count). The van der Waals surface area contributed by atoms with Crippen molar-refractivity contribution in [3.05, 3.63) is 65.1 Å². The Morgan fingerprint density at radius 1 is 1.33 bits per heavy atom. The van der Waals surface area contributed by atoms with Gasteiger partial charge in [0.05, 0.1) is 17.9 Å². The highest BCUT2D eigenvalue weighted by Gasteiger charge is 2.12. The number of carbonyl (C=O) groups is 1. The number of nitrogens with zero attached hydrogens (tertiary/aromatic N) is 3. The number of nitrogens with one attached hydrogen (secondary N) is 2. The highest BCUT2D eigenvalue weighted by molar-refractivity contribution is 7.15. The second-order valence-corrected chi connectivity index (χ2v) is 6.41. The van der Waals surface area contributed by atoms with E-state index in [1.165, 1.54) is 5.56 Å². The lowest BCUT2D eigenvalue weighted by molar-refractivity contribution is 0.0945. The normalized spacial score (nSPS) is 11.0. The maximum atomic E-state index is 12.3. The van der Waals surface area contributed by atoms with E-state index in [-0.39, 0.29) is 5.91 Å². The van der Waals surface area contributed by atoms with Crippen molar-refractivity contribution >= 4 is 22.2 Å². The third-order valence-corrected chi connectivity index (χ3v) is 4.51. The number of H-pyrrole nitrogens is 1. The van der Waals surface area contributed by atoms with E-state index >= 15 is 0 Å². The lowest BCUT2D eigenvalue weighted by atomic mass is 10.1. The zero-order chi connectivity index (χ0) is 16.5. The average molecular weight is 337 g/mol. The van der Waals surface area contributed by atoms with Crippen LogP contribution in [0.15, 0.2) is 48.1 Å². The fourth-order valence-corrected chi connectivity index (χ4v) is 3.16. The SMILES string of the molecule is Cc1ccc(-c2cc(C(=O)NCc3cn4ccsc4n3)[nH]n2)cc1. The van der Waals surface area contributed by atoms with E-state index in [2.05, 4.69) is 20.5 Å². The molecule has 2 N–H and O–H groups in total. The highest BCUT2D eigenvalue weighted by atomic mass is 32.1. The zero-order valence-electron chi connectivity index (χ0n) is 13.0. The molecule has 0 atom stereocenters. The summed E-state index contributed by atoms with van der Waals surface area (Å²) in [5, 5.41) is 11.8. The molecule has 0 aliphatic heterocycles. The first-order valence-electron chi connectivity index (χ1n) is 7.51. The summed E-state index contributed by atoms with van der Waals surface area (Å²) in [5.41, 5.74) is 4.18. The highest BCUT2D eigenvalue weighted by Crippen LogP contribution is 2.18. The van der Waals surface area contributed by atoms with Gasteiger partial charge in [0.25, 0.3) is 5.91 Å². The molecule has 6 nitrogen and oxygen atoms in total. The van der Waals surface area contributed by atoms with Crippen LogP contribution in [0.4, 0.5) is 0 Å². The number of rotatable bonds is 4. The lowest BCUT2D eigenvalue weighted by Crippen LogP contribution is -2.23. The molecular formula is C17H15N5OS. The molecule has 1 amide bonds. The van der Waals surface area contributed by atoms with Gasteiger partial charge in [-0.15, -0.1) is 11.3 Å². The summed E-state index contributed by atoms with van der Waals surface area (Å²) in [7, 11) is 0. The second kappa shape index (κ2) is 5.93. The average Bonchev–Trinajstić information content (AvgIpc) is 3.29. The number of hydrogen-bond acceptors (Lipinski definition) is 4. The fraction of sp³-hybridized carbons (Fsp3) is 0.118. The van der Waals surface area contributed by atoms with Gasteiger partial charge >= 0.3 is 0 Å². The summed E-state index contributed by atoms with van der Waals surface area (Å²) >= 11 is 1.56. The van der Waals surface area contributed by atoms with E-state index in [1.54, 1.807) is 17.4 Å². The van der Waals surface area contributed by atoms with Crippen molar-refractivity contribution in [2.45, 2.75) is 13.5 Å². The Bertz CT molecular complexity index is 967. The number of aromatic amines is 1. The Morgan fingerprint density at radius 3 is 2.96 bits per heavy atom. The van der Waals surface area contributed by atoms with E-state index in [9.17, 15) is 4.79 Å². The number of hydrogen-bond donors (Lipinski definition) is 2. The molecule has 0 saturated heterocycles. The van der Waals surface area contributed by atoms with Crippen LogP contribution in [0.2, 0.25) is 0 Å². The number of aromatic nitrogens is 4. The van der Waals surface area contributed by atoms with Crippen molar-refractivity contribution in [3.63, 3.8) is 0 Å². The van der Waals surface area contributed by atoms with Gasteiger partial charge in [0.15, 0.2) is 4.96 Å². The van der Waals surface area contributed by atoms with Crippen LogP contribution in [-0.2, 0) is 6.54 Å². The third kappa shape index (κ3) is 2.81. The van der Waals surface area contributed by atoms with E-state index < -0.39 is 0 Å². The summed E-state index contributed by atoms with van der Waals surface area (Å²) in [5.74, 6) is -0.197. The number of imidazole rings is 1. The lowest BCUT2D eigenvalue weighted by Gasteiger charge is -2.00. The zero-order valence-corrected chi connectivity index (χ0v) is 13.8. The van der Waals surface area contributed by atoms with E-state index in [1.807, 2.05) is 53.4 Å². The predicted octanol–water partition coefficient (Wildman–Crippen LogP) is 3.02.